The van der Waals surface area contributed by atoms with Gasteiger partial charge in [-0.15, -0.1) is 0 Å². The van der Waals surface area contributed by atoms with Gasteiger partial charge < -0.3 is 14.8 Å². The Balaban J connectivity index is 1.92. The van der Waals surface area contributed by atoms with Crippen molar-refractivity contribution in [2.24, 2.45) is 0 Å². The number of rotatable bonds is 7. The van der Waals surface area contributed by atoms with E-state index in [1.807, 2.05) is 6.07 Å². The van der Waals surface area contributed by atoms with Crippen LogP contribution >= 0.6 is 0 Å². The van der Waals surface area contributed by atoms with Crippen molar-refractivity contribution in [3.05, 3.63) is 59.2 Å². The normalized spacial score (nSPS) is 10.2. The molecule has 0 bridgehead atoms. The standard InChI is InChI=1S/C18H16F2N2O3/c1-24-16-10-12(4-7-15(16)25-18(19)20)8-9-22-17(23)14-5-2-13(11-21)3-6-14/h2-7,10,18H,8-9H2,1H3,(H,22,23). The smallest absolute Gasteiger partial charge is 0.387 e. The minimum absolute atomic E-state index is 0.0390. The van der Waals surface area contributed by atoms with Crippen molar-refractivity contribution in [3.63, 3.8) is 0 Å². The summed E-state index contributed by atoms with van der Waals surface area (Å²) in [4.78, 5) is 12.0. The van der Waals surface area contributed by atoms with Gasteiger partial charge >= 0.3 is 6.61 Å². The lowest BCUT2D eigenvalue weighted by atomic mass is 10.1. The molecule has 2 aromatic rings. The molecule has 5 nitrogen and oxygen atoms in total. The Morgan fingerprint density at radius 1 is 1.20 bits per heavy atom. The number of nitriles is 1. The summed E-state index contributed by atoms with van der Waals surface area (Å²) in [5.41, 5.74) is 1.74. The van der Waals surface area contributed by atoms with Crippen LogP contribution < -0.4 is 14.8 Å². The summed E-state index contributed by atoms with van der Waals surface area (Å²) in [5, 5.41) is 11.5. The van der Waals surface area contributed by atoms with E-state index < -0.39 is 6.61 Å². The van der Waals surface area contributed by atoms with Crippen molar-refractivity contribution in [2.75, 3.05) is 13.7 Å². The highest BCUT2D eigenvalue weighted by atomic mass is 19.3. The summed E-state index contributed by atoms with van der Waals surface area (Å²) in [6.07, 6.45) is 0.493. The van der Waals surface area contributed by atoms with Gasteiger partial charge in [-0.25, -0.2) is 0 Å². The van der Waals surface area contributed by atoms with Crippen LogP contribution in [-0.2, 0) is 6.42 Å². The van der Waals surface area contributed by atoms with E-state index in [0.29, 0.717) is 24.1 Å². The molecule has 0 aromatic heterocycles. The summed E-state index contributed by atoms with van der Waals surface area (Å²) in [7, 11) is 1.37. The van der Waals surface area contributed by atoms with Gasteiger partial charge in [-0.2, -0.15) is 14.0 Å². The number of amides is 1. The molecule has 0 fully saturated rings. The lowest BCUT2D eigenvalue weighted by Gasteiger charge is -2.11. The average Bonchev–Trinajstić information content (AvgIpc) is 2.62. The Labute approximate surface area is 143 Å². The molecule has 7 heteroatoms. The maximum atomic E-state index is 12.3. The number of nitrogens with one attached hydrogen (secondary N) is 1. The molecule has 2 aromatic carbocycles. The number of benzene rings is 2. The maximum absolute atomic E-state index is 12.3. The summed E-state index contributed by atoms with van der Waals surface area (Å²) in [6.45, 7) is -2.57. The third-order valence-corrected chi connectivity index (χ3v) is 3.42. The Hall–Kier alpha value is -3.14. The molecule has 0 atom stereocenters. The van der Waals surface area contributed by atoms with Gasteiger partial charge in [0.1, 0.15) is 0 Å². The molecule has 0 heterocycles. The number of methoxy groups -OCH3 is 1. The molecule has 2 rings (SSSR count). The molecule has 0 saturated carbocycles. The first-order valence-corrected chi connectivity index (χ1v) is 7.43. The third-order valence-electron chi connectivity index (χ3n) is 3.42. The largest absolute Gasteiger partial charge is 0.493 e. The second-order valence-corrected chi connectivity index (χ2v) is 5.06. The van der Waals surface area contributed by atoms with Crippen molar-refractivity contribution in [2.45, 2.75) is 13.0 Å². The summed E-state index contributed by atoms with van der Waals surface area (Å²) < 4.78 is 34.0. The minimum Gasteiger partial charge on any atom is -0.493 e. The highest BCUT2D eigenvalue weighted by Gasteiger charge is 2.11. The van der Waals surface area contributed by atoms with Gasteiger partial charge in [0, 0.05) is 12.1 Å². The monoisotopic (exact) mass is 346 g/mol. The number of nitrogens with zero attached hydrogens (tertiary/aromatic N) is 1. The first kappa shape index (κ1) is 18.2. The Morgan fingerprint density at radius 3 is 2.52 bits per heavy atom. The van der Waals surface area contributed by atoms with Crippen LogP contribution in [-0.4, -0.2) is 26.2 Å². The molecule has 0 radical (unpaired) electrons. The number of carbonyl (C=O) groups is 1. The van der Waals surface area contributed by atoms with E-state index in [9.17, 15) is 13.6 Å². The first-order chi connectivity index (χ1) is 12.0. The van der Waals surface area contributed by atoms with Gasteiger partial charge in [-0.1, -0.05) is 6.07 Å². The van der Waals surface area contributed by atoms with Crippen LogP contribution in [0.15, 0.2) is 42.5 Å². The molecule has 0 saturated heterocycles. The molecule has 0 spiro atoms. The lowest BCUT2D eigenvalue weighted by molar-refractivity contribution is -0.0512. The molecule has 0 aliphatic carbocycles. The SMILES string of the molecule is COc1cc(CCNC(=O)c2ccc(C#N)cc2)ccc1OC(F)F. The zero-order valence-electron chi connectivity index (χ0n) is 13.5. The van der Waals surface area contributed by atoms with Crippen LogP contribution in [0.1, 0.15) is 21.5 Å². The van der Waals surface area contributed by atoms with E-state index in [1.54, 1.807) is 36.4 Å². The maximum Gasteiger partial charge on any atom is 0.387 e. The zero-order valence-corrected chi connectivity index (χ0v) is 13.5. The predicted molar refractivity (Wildman–Crippen MR) is 86.8 cm³/mol. The fraction of sp³-hybridized carbons (Fsp3) is 0.222. The Bertz CT molecular complexity index is 771. The quantitative estimate of drug-likeness (QED) is 0.836. The molecule has 1 N–H and O–H groups in total. The second kappa shape index (κ2) is 8.64. The topological polar surface area (TPSA) is 71.3 Å². The van der Waals surface area contributed by atoms with Crippen LogP contribution in [0.3, 0.4) is 0 Å². The van der Waals surface area contributed by atoms with E-state index in [-0.39, 0.29) is 17.4 Å². The van der Waals surface area contributed by atoms with Crippen molar-refractivity contribution >= 4 is 5.91 Å². The first-order valence-electron chi connectivity index (χ1n) is 7.43. The number of halogens is 2. The van der Waals surface area contributed by atoms with Crippen LogP contribution in [0.5, 0.6) is 11.5 Å². The third kappa shape index (κ3) is 5.18. The fourth-order valence-electron chi connectivity index (χ4n) is 2.18. The van der Waals surface area contributed by atoms with Gasteiger partial charge in [0.05, 0.1) is 18.7 Å². The van der Waals surface area contributed by atoms with Crippen molar-refractivity contribution in [3.8, 4) is 17.6 Å². The number of alkyl halides is 2. The predicted octanol–water partition coefficient (Wildman–Crippen LogP) is 3.14. The molecule has 0 unspecified atom stereocenters. The van der Waals surface area contributed by atoms with Crippen molar-refractivity contribution < 1.29 is 23.0 Å². The second-order valence-electron chi connectivity index (χ2n) is 5.06. The van der Waals surface area contributed by atoms with Gasteiger partial charge in [0.2, 0.25) is 0 Å². The van der Waals surface area contributed by atoms with E-state index in [2.05, 4.69) is 10.1 Å². The van der Waals surface area contributed by atoms with Gasteiger partial charge in [-0.05, 0) is 48.4 Å². The summed E-state index contributed by atoms with van der Waals surface area (Å²) >= 11 is 0. The fourth-order valence-corrected chi connectivity index (χ4v) is 2.18. The molecule has 130 valence electrons. The van der Waals surface area contributed by atoms with Crippen LogP contribution in [0.25, 0.3) is 0 Å². The van der Waals surface area contributed by atoms with Crippen molar-refractivity contribution in [1.82, 2.24) is 5.32 Å². The lowest BCUT2D eigenvalue weighted by Crippen LogP contribution is -2.25. The number of hydrogen-bond acceptors (Lipinski definition) is 4. The zero-order chi connectivity index (χ0) is 18.2. The number of carbonyl (C=O) groups excluding carboxylic acids is 1. The van der Waals surface area contributed by atoms with Crippen LogP contribution in [0.4, 0.5) is 8.78 Å². The van der Waals surface area contributed by atoms with E-state index in [1.165, 1.54) is 13.2 Å². The van der Waals surface area contributed by atoms with E-state index in [4.69, 9.17) is 10.00 Å². The highest BCUT2D eigenvalue weighted by molar-refractivity contribution is 5.94. The molecule has 0 aliphatic heterocycles. The summed E-state index contributed by atoms with van der Waals surface area (Å²) in [6, 6.07) is 12.9. The van der Waals surface area contributed by atoms with Gasteiger partial charge in [-0.3, -0.25) is 4.79 Å². The molecular weight excluding hydrogens is 330 g/mol. The number of hydrogen-bond donors (Lipinski definition) is 1. The average molecular weight is 346 g/mol. The minimum atomic E-state index is -2.92. The Morgan fingerprint density at radius 2 is 1.92 bits per heavy atom. The van der Waals surface area contributed by atoms with E-state index >= 15 is 0 Å². The highest BCUT2D eigenvalue weighted by Crippen LogP contribution is 2.29. The van der Waals surface area contributed by atoms with E-state index in [0.717, 1.165) is 5.56 Å². The van der Waals surface area contributed by atoms with Gasteiger partial charge in [0.25, 0.3) is 5.91 Å². The number of ether oxygens (including phenoxy) is 2. The molecule has 1 amide bonds. The Kier molecular flexibility index (Phi) is 6.29. The van der Waals surface area contributed by atoms with Crippen LogP contribution in [0, 0.1) is 11.3 Å². The molecule has 25 heavy (non-hydrogen) atoms. The van der Waals surface area contributed by atoms with Crippen LogP contribution in [0.2, 0.25) is 0 Å². The molecular formula is C18H16F2N2O3. The van der Waals surface area contributed by atoms with Gasteiger partial charge in [0.15, 0.2) is 11.5 Å². The molecule has 0 aliphatic rings. The summed E-state index contributed by atoms with van der Waals surface area (Å²) in [5.74, 6) is -0.0896. The van der Waals surface area contributed by atoms with Crippen molar-refractivity contribution in [1.29, 1.82) is 5.26 Å².